The van der Waals surface area contributed by atoms with E-state index in [1.807, 2.05) is 0 Å². The third kappa shape index (κ3) is 2.72. The lowest BCUT2D eigenvalue weighted by molar-refractivity contribution is -0.134. The number of hydrogen-bond donors (Lipinski definition) is 3. The molecule has 1 atom stereocenters. The molecule has 1 unspecified atom stereocenters. The number of carboxylic acids is 1. The van der Waals surface area contributed by atoms with E-state index in [1.165, 1.54) is 6.07 Å². The third-order valence-electron chi connectivity index (χ3n) is 2.54. The van der Waals surface area contributed by atoms with Gasteiger partial charge in [0.15, 0.2) is 11.5 Å². The molecule has 8 nitrogen and oxygen atoms in total. The van der Waals surface area contributed by atoms with Gasteiger partial charge in [0.1, 0.15) is 0 Å². The predicted octanol–water partition coefficient (Wildman–Crippen LogP) is -0.732. The molecule has 2 amide bonds. The van der Waals surface area contributed by atoms with Gasteiger partial charge in [0, 0.05) is 12.5 Å². The van der Waals surface area contributed by atoms with E-state index in [9.17, 15) is 14.4 Å². The summed E-state index contributed by atoms with van der Waals surface area (Å²) in [4.78, 5) is 32.9. The normalized spacial score (nSPS) is 19.7. The van der Waals surface area contributed by atoms with Crippen LogP contribution >= 0.6 is 0 Å². The maximum Gasteiger partial charge on any atom is 0.358 e. The summed E-state index contributed by atoms with van der Waals surface area (Å²) in [5, 5.41) is 17.1. The number of nitrogens with zero attached hydrogens (tertiary/aromatic N) is 1. The Balaban J connectivity index is 1.89. The zero-order chi connectivity index (χ0) is 13.1. The number of aromatic nitrogens is 1. The van der Waals surface area contributed by atoms with Crippen LogP contribution in [0.15, 0.2) is 10.6 Å². The lowest BCUT2D eigenvalue weighted by Gasteiger charge is -2.21. The standard InChI is InChI=1S/C10H11N3O5/c14-8-2-1-6(9(15)12-8)11-4-5-3-7(10(16)17)13-18-5/h3,6,11H,1-2,4H2,(H,16,17)(H,12,14,15). The van der Waals surface area contributed by atoms with Crippen molar-refractivity contribution >= 4 is 17.8 Å². The molecule has 0 aliphatic carbocycles. The molecule has 96 valence electrons. The molecule has 1 saturated heterocycles. The Morgan fingerprint density at radius 1 is 1.61 bits per heavy atom. The molecule has 0 saturated carbocycles. The van der Waals surface area contributed by atoms with Crippen LogP contribution < -0.4 is 10.6 Å². The molecule has 0 spiro atoms. The second-order valence-corrected chi connectivity index (χ2v) is 3.87. The van der Waals surface area contributed by atoms with Crippen LogP contribution in [0, 0.1) is 0 Å². The smallest absolute Gasteiger partial charge is 0.358 e. The number of aromatic carboxylic acids is 1. The highest BCUT2D eigenvalue weighted by molar-refractivity contribution is 6.00. The van der Waals surface area contributed by atoms with Gasteiger partial charge in [-0.25, -0.2) is 4.79 Å². The van der Waals surface area contributed by atoms with Gasteiger partial charge >= 0.3 is 5.97 Å². The highest BCUT2D eigenvalue weighted by Gasteiger charge is 2.26. The summed E-state index contributed by atoms with van der Waals surface area (Å²) < 4.78 is 4.78. The third-order valence-corrected chi connectivity index (χ3v) is 2.54. The van der Waals surface area contributed by atoms with E-state index in [-0.39, 0.29) is 30.5 Å². The summed E-state index contributed by atoms with van der Waals surface area (Å²) in [6.07, 6.45) is 0.685. The molecule has 0 radical (unpaired) electrons. The van der Waals surface area contributed by atoms with Crippen molar-refractivity contribution in [2.45, 2.75) is 25.4 Å². The number of carbonyl (C=O) groups is 3. The van der Waals surface area contributed by atoms with Crippen molar-refractivity contribution in [3.8, 4) is 0 Å². The van der Waals surface area contributed by atoms with E-state index in [4.69, 9.17) is 9.63 Å². The summed E-state index contributed by atoms with van der Waals surface area (Å²) in [5.41, 5.74) is -0.185. The summed E-state index contributed by atoms with van der Waals surface area (Å²) in [6, 6.07) is 0.794. The van der Waals surface area contributed by atoms with E-state index in [2.05, 4.69) is 15.8 Å². The van der Waals surface area contributed by atoms with Crippen molar-refractivity contribution in [1.82, 2.24) is 15.8 Å². The molecule has 0 bridgehead atoms. The van der Waals surface area contributed by atoms with Gasteiger partial charge in [-0.15, -0.1) is 0 Å². The Labute approximate surface area is 101 Å². The van der Waals surface area contributed by atoms with Crippen LogP contribution in [-0.2, 0) is 16.1 Å². The number of rotatable bonds is 4. The highest BCUT2D eigenvalue weighted by atomic mass is 16.5. The SMILES string of the molecule is O=C1CCC(NCc2cc(C(=O)O)no2)C(=O)N1. The molecule has 1 aromatic heterocycles. The van der Waals surface area contributed by atoms with Crippen molar-refractivity contribution in [2.24, 2.45) is 0 Å². The van der Waals surface area contributed by atoms with Crippen molar-refractivity contribution < 1.29 is 24.0 Å². The molecule has 3 N–H and O–H groups in total. The van der Waals surface area contributed by atoms with Gasteiger partial charge < -0.3 is 9.63 Å². The topological polar surface area (TPSA) is 122 Å². The first-order valence-electron chi connectivity index (χ1n) is 5.32. The summed E-state index contributed by atoms with van der Waals surface area (Å²) in [7, 11) is 0. The van der Waals surface area contributed by atoms with Gasteiger partial charge in [-0.05, 0) is 6.42 Å². The predicted molar refractivity (Wildman–Crippen MR) is 56.5 cm³/mol. The minimum absolute atomic E-state index is 0.173. The molecule has 1 aromatic rings. The minimum atomic E-state index is -1.17. The molecule has 1 aliphatic rings. The van der Waals surface area contributed by atoms with Crippen LogP contribution in [0.3, 0.4) is 0 Å². The van der Waals surface area contributed by atoms with Crippen LogP contribution in [0.2, 0.25) is 0 Å². The van der Waals surface area contributed by atoms with Gasteiger partial charge in [0.05, 0.1) is 12.6 Å². The van der Waals surface area contributed by atoms with Crippen molar-refractivity contribution in [3.05, 3.63) is 17.5 Å². The highest BCUT2D eigenvalue weighted by Crippen LogP contribution is 2.07. The first-order valence-corrected chi connectivity index (χ1v) is 5.32. The zero-order valence-electron chi connectivity index (χ0n) is 9.30. The summed E-state index contributed by atoms with van der Waals surface area (Å²) in [6.45, 7) is 0.173. The quantitative estimate of drug-likeness (QED) is 0.604. The molecule has 8 heteroatoms. The molecule has 0 aromatic carbocycles. The van der Waals surface area contributed by atoms with Gasteiger partial charge in [0.25, 0.3) is 0 Å². The molecular formula is C10H11N3O5. The summed E-state index contributed by atoms with van der Waals surface area (Å²) >= 11 is 0. The Hall–Kier alpha value is -2.22. The van der Waals surface area contributed by atoms with Gasteiger partial charge in [-0.1, -0.05) is 5.16 Å². The molecular weight excluding hydrogens is 242 g/mol. The van der Waals surface area contributed by atoms with E-state index in [1.54, 1.807) is 0 Å². The number of hydrogen-bond acceptors (Lipinski definition) is 6. The number of amides is 2. The van der Waals surface area contributed by atoms with Gasteiger partial charge in [0.2, 0.25) is 11.8 Å². The molecule has 2 heterocycles. The average molecular weight is 253 g/mol. The van der Waals surface area contributed by atoms with E-state index in [0.717, 1.165) is 0 Å². The second-order valence-electron chi connectivity index (χ2n) is 3.87. The van der Waals surface area contributed by atoms with Crippen LogP contribution in [0.25, 0.3) is 0 Å². The Morgan fingerprint density at radius 3 is 3.00 bits per heavy atom. The molecule has 18 heavy (non-hydrogen) atoms. The van der Waals surface area contributed by atoms with Crippen LogP contribution in [0.4, 0.5) is 0 Å². The van der Waals surface area contributed by atoms with Crippen LogP contribution in [0.1, 0.15) is 29.1 Å². The van der Waals surface area contributed by atoms with Crippen molar-refractivity contribution in [2.75, 3.05) is 0 Å². The average Bonchev–Trinajstić information content (AvgIpc) is 2.76. The largest absolute Gasteiger partial charge is 0.476 e. The van der Waals surface area contributed by atoms with Gasteiger partial charge in [-0.3, -0.25) is 20.2 Å². The fraction of sp³-hybridized carbons (Fsp3) is 0.400. The zero-order valence-corrected chi connectivity index (χ0v) is 9.30. The Kier molecular flexibility index (Phi) is 3.38. The maximum atomic E-state index is 11.4. The second kappa shape index (κ2) is 4.96. The van der Waals surface area contributed by atoms with Gasteiger partial charge in [-0.2, -0.15) is 0 Å². The molecule has 2 rings (SSSR count). The van der Waals surface area contributed by atoms with E-state index < -0.39 is 12.0 Å². The van der Waals surface area contributed by atoms with Crippen LogP contribution in [-0.4, -0.2) is 34.1 Å². The number of imide groups is 1. The maximum absolute atomic E-state index is 11.4. The lowest BCUT2D eigenvalue weighted by atomic mass is 10.1. The minimum Gasteiger partial charge on any atom is -0.476 e. The van der Waals surface area contributed by atoms with Crippen molar-refractivity contribution in [3.63, 3.8) is 0 Å². The Bertz CT molecular complexity index is 495. The number of nitrogens with one attached hydrogen (secondary N) is 2. The number of carboxylic acid groups (broad SMARTS) is 1. The van der Waals surface area contributed by atoms with E-state index in [0.29, 0.717) is 12.2 Å². The molecule has 1 aliphatic heterocycles. The number of carbonyl (C=O) groups excluding carboxylic acids is 2. The number of piperidine rings is 1. The monoisotopic (exact) mass is 253 g/mol. The van der Waals surface area contributed by atoms with Crippen molar-refractivity contribution in [1.29, 1.82) is 0 Å². The first-order chi connectivity index (χ1) is 8.56. The fourth-order valence-corrected chi connectivity index (χ4v) is 1.61. The fourth-order valence-electron chi connectivity index (χ4n) is 1.61. The Morgan fingerprint density at radius 2 is 2.39 bits per heavy atom. The molecule has 1 fully saturated rings. The van der Waals surface area contributed by atoms with E-state index >= 15 is 0 Å². The summed E-state index contributed by atoms with van der Waals surface area (Å²) in [5.74, 6) is -1.53. The lowest BCUT2D eigenvalue weighted by Crippen LogP contribution is -2.50. The first kappa shape index (κ1) is 12.2. The van der Waals surface area contributed by atoms with Crippen LogP contribution in [0.5, 0.6) is 0 Å².